The minimum absolute atomic E-state index is 0.212. The smallest absolute Gasteiger partial charge is 0.322 e. The molecule has 0 saturated heterocycles. The van der Waals surface area contributed by atoms with Crippen molar-refractivity contribution < 1.29 is 14.7 Å². The van der Waals surface area contributed by atoms with Crippen molar-refractivity contribution in [1.29, 1.82) is 0 Å². The summed E-state index contributed by atoms with van der Waals surface area (Å²) in [4.78, 5) is 27.2. The van der Waals surface area contributed by atoms with Gasteiger partial charge in [0.25, 0.3) is 0 Å². The number of Topliss-reactive ketones (excluding diaryl/α,β-unsaturated/α-hetero) is 1. The van der Waals surface area contributed by atoms with Crippen molar-refractivity contribution in [2.45, 2.75) is 6.92 Å². The van der Waals surface area contributed by atoms with Gasteiger partial charge in [-0.05, 0) is 19.1 Å². The van der Waals surface area contributed by atoms with Gasteiger partial charge in [0.05, 0.1) is 5.69 Å². The molecule has 17 heavy (non-hydrogen) atoms. The molecule has 1 aromatic carbocycles. The fourth-order valence-electron chi connectivity index (χ4n) is 1.83. The number of carboxylic acids is 1. The second-order valence-electron chi connectivity index (χ2n) is 3.67. The molecule has 1 aliphatic rings. The summed E-state index contributed by atoms with van der Waals surface area (Å²) in [6.07, 6.45) is 0. The predicted molar refractivity (Wildman–Crippen MR) is 63.5 cm³/mol. The van der Waals surface area contributed by atoms with Crippen molar-refractivity contribution >= 4 is 23.3 Å². The fraction of sp³-hybridized carbons (Fsp3) is 0.250. The SMILES string of the molecule is CCN=C1Nc2ccccc2C(=O)C1C(=O)O. The number of fused-ring (bicyclic) bond motifs is 1. The van der Waals surface area contributed by atoms with E-state index in [4.69, 9.17) is 5.11 Å². The van der Waals surface area contributed by atoms with Crippen LogP contribution >= 0.6 is 0 Å². The number of anilines is 1. The van der Waals surface area contributed by atoms with Gasteiger partial charge in [0.15, 0.2) is 11.7 Å². The molecule has 0 amide bonds. The lowest BCUT2D eigenvalue weighted by Gasteiger charge is -2.23. The molecular weight excluding hydrogens is 220 g/mol. The molecule has 0 aliphatic carbocycles. The van der Waals surface area contributed by atoms with Gasteiger partial charge >= 0.3 is 5.97 Å². The van der Waals surface area contributed by atoms with Crippen LogP contribution in [-0.4, -0.2) is 29.2 Å². The van der Waals surface area contributed by atoms with Gasteiger partial charge in [-0.1, -0.05) is 12.1 Å². The van der Waals surface area contributed by atoms with E-state index in [-0.39, 0.29) is 5.84 Å². The van der Waals surface area contributed by atoms with Gasteiger partial charge in [0.2, 0.25) is 0 Å². The molecule has 88 valence electrons. The molecule has 0 spiro atoms. The third kappa shape index (κ3) is 1.91. The van der Waals surface area contributed by atoms with Crippen molar-refractivity contribution in [2.75, 3.05) is 11.9 Å². The molecule has 1 heterocycles. The van der Waals surface area contributed by atoms with Gasteiger partial charge in [-0.15, -0.1) is 0 Å². The Hall–Kier alpha value is -2.17. The summed E-state index contributed by atoms with van der Waals surface area (Å²) in [5.74, 6) is -2.60. The van der Waals surface area contributed by atoms with Crippen LogP contribution in [0.1, 0.15) is 17.3 Å². The van der Waals surface area contributed by atoms with E-state index in [9.17, 15) is 9.59 Å². The summed E-state index contributed by atoms with van der Waals surface area (Å²) in [5, 5.41) is 12.0. The largest absolute Gasteiger partial charge is 0.480 e. The highest BCUT2D eigenvalue weighted by atomic mass is 16.4. The average molecular weight is 232 g/mol. The maximum Gasteiger partial charge on any atom is 0.322 e. The van der Waals surface area contributed by atoms with E-state index in [0.29, 0.717) is 17.8 Å². The van der Waals surface area contributed by atoms with Crippen LogP contribution in [0.25, 0.3) is 0 Å². The highest BCUT2D eigenvalue weighted by Crippen LogP contribution is 2.26. The molecule has 1 unspecified atom stereocenters. The van der Waals surface area contributed by atoms with Gasteiger partial charge in [-0.25, -0.2) is 0 Å². The van der Waals surface area contributed by atoms with E-state index in [1.54, 1.807) is 31.2 Å². The number of aliphatic imine (C=N–C) groups is 1. The van der Waals surface area contributed by atoms with Crippen LogP contribution in [0.2, 0.25) is 0 Å². The number of carbonyl (C=O) groups is 2. The Bertz CT molecular complexity index is 508. The summed E-state index contributed by atoms with van der Waals surface area (Å²) in [6.45, 7) is 2.22. The predicted octanol–water partition coefficient (Wildman–Crippen LogP) is 1.41. The van der Waals surface area contributed by atoms with E-state index in [0.717, 1.165) is 0 Å². The molecule has 5 heteroatoms. The summed E-state index contributed by atoms with van der Waals surface area (Å²) in [7, 11) is 0. The quantitative estimate of drug-likeness (QED) is 0.756. The Labute approximate surface area is 98.2 Å². The Morgan fingerprint density at radius 1 is 1.47 bits per heavy atom. The van der Waals surface area contributed by atoms with Gasteiger partial charge in [-0.3, -0.25) is 14.6 Å². The number of hydrogen-bond acceptors (Lipinski definition) is 3. The first-order valence-corrected chi connectivity index (χ1v) is 5.32. The summed E-state index contributed by atoms with van der Waals surface area (Å²) in [6, 6.07) is 6.84. The van der Waals surface area contributed by atoms with Crippen LogP contribution in [-0.2, 0) is 4.79 Å². The Morgan fingerprint density at radius 2 is 2.18 bits per heavy atom. The van der Waals surface area contributed by atoms with Gasteiger partial charge < -0.3 is 10.4 Å². The van der Waals surface area contributed by atoms with E-state index in [2.05, 4.69) is 10.3 Å². The number of nitrogens with zero attached hydrogens (tertiary/aromatic N) is 1. The van der Waals surface area contributed by atoms with E-state index >= 15 is 0 Å². The summed E-state index contributed by atoms with van der Waals surface area (Å²) >= 11 is 0. The summed E-state index contributed by atoms with van der Waals surface area (Å²) in [5.41, 5.74) is 1.01. The monoisotopic (exact) mass is 232 g/mol. The van der Waals surface area contributed by atoms with Gasteiger partial charge in [0.1, 0.15) is 5.84 Å². The standard InChI is InChI=1S/C12H12N2O3/c1-2-13-11-9(12(16)17)10(15)7-5-3-4-6-8(7)14-11/h3-6,9H,2H2,1H3,(H,13,14)(H,16,17). The lowest BCUT2D eigenvalue weighted by molar-refractivity contribution is -0.137. The minimum atomic E-state index is -1.22. The van der Waals surface area contributed by atoms with Crippen LogP contribution in [0.3, 0.4) is 0 Å². The minimum Gasteiger partial charge on any atom is -0.480 e. The molecule has 0 aromatic heterocycles. The first-order chi connectivity index (χ1) is 8.15. The third-order valence-electron chi connectivity index (χ3n) is 2.57. The zero-order valence-corrected chi connectivity index (χ0v) is 9.30. The average Bonchev–Trinajstić information content (AvgIpc) is 2.29. The maximum atomic E-state index is 12.0. The number of benzene rings is 1. The first kappa shape index (κ1) is 11.3. The molecule has 0 saturated carbocycles. The first-order valence-electron chi connectivity index (χ1n) is 5.32. The van der Waals surface area contributed by atoms with Crippen LogP contribution < -0.4 is 5.32 Å². The number of carboxylic acid groups (broad SMARTS) is 1. The number of nitrogens with one attached hydrogen (secondary N) is 1. The van der Waals surface area contributed by atoms with Gasteiger partial charge in [-0.2, -0.15) is 0 Å². The number of carbonyl (C=O) groups excluding carboxylic acids is 1. The van der Waals surface area contributed by atoms with Crippen molar-refractivity contribution in [1.82, 2.24) is 0 Å². The second-order valence-corrected chi connectivity index (χ2v) is 3.67. The lowest BCUT2D eigenvalue weighted by Crippen LogP contribution is -2.40. The molecule has 1 aromatic rings. The topological polar surface area (TPSA) is 78.8 Å². The third-order valence-corrected chi connectivity index (χ3v) is 2.57. The molecule has 0 fully saturated rings. The zero-order valence-electron chi connectivity index (χ0n) is 9.30. The van der Waals surface area contributed by atoms with Gasteiger partial charge in [0, 0.05) is 12.1 Å². The van der Waals surface area contributed by atoms with E-state index in [1.165, 1.54) is 0 Å². The number of amidine groups is 1. The molecular formula is C12H12N2O3. The Kier molecular flexibility index (Phi) is 2.91. The zero-order chi connectivity index (χ0) is 12.4. The normalized spacial score (nSPS) is 20.9. The molecule has 0 bridgehead atoms. The fourth-order valence-corrected chi connectivity index (χ4v) is 1.83. The Balaban J connectivity index is 2.52. The molecule has 2 N–H and O–H groups in total. The number of rotatable bonds is 2. The second kappa shape index (κ2) is 4.37. The molecule has 1 aliphatic heterocycles. The van der Waals surface area contributed by atoms with Crippen molar-refractivity contribution in [3.05, 3.63) is 29.8 Å². The number of ketones is 1. The Morgan fingerprint density at radius 3 is 2.82 bits per heavy atom. The molecule has 5 nitrogen and oxygen atoms in total. The molecule has 0 radical (unpaired) electrons. The molecule has 2 rings (SSSR count). The number of hydrogen-bond donors (Lipinski definition) is 2. The van der Waals surface area contributed by atoms with Crippen molar-refractivity contribution in [2.24, 2.45) is 10.9 Å². The van der Waals surface area contributed by atoms with Crippen LogP contribution in [0, 0.1) is 5.92 Å². The van der Waals surface area contributed by atoms with Crippen LogP contribution in [0.15, 0.2) is 29.3 Å². The lowest BCUT2D eigenvalue weighted by atomic mass is 9.91. The van der Waals surface area contributed by atoms with E-state index < -0.39 is 17.7 Å². The summed E-state index contributed by atoms with van der Waals surface area (Å²) < 4.78 is 0. The van der Waals surface area contributed by atoms with E-state index in [1.807, 2.05) is 0 Å². The number of aliphatic carboxylic acids is 1. The van der Waals surface area contributed by atoms with Crippen LogP contribution in [0.4, 0.5) is 5.69 Å². The highest BCUT2D eigenvalue weighted by Gasteiger charge is 2.37. The maximum absolute atomic E-state index is 12.0. The van der Waals surface area contributed by atoms with Crippen LogP contribution in [0.5, 0.6) is 0 Å². The number of para-hydroxylation sites is 1. The van der Waals surface area contributed by atoms with Crippen molar-refractivity contribution in [3.8, 4) is 0 Å². The van der Waals surface area contributed by atoms with Crippen molar-refractivity contribution in [3.63, 3.8) is 0 Å². The highest BCUT2D eigenvalue weighted by molar-refractivity contribution is 6.30. The molecule has 1 atom stereocenters.